The Kier molecular flexibility index (Phi) is 11.1. The summed E-state index contributed by atoms with van der Waals surface area (Å²) in [6, 6.07) is -4.39. The fourth-order valence-corrected chi connectivity index (χ4v) is 3.47. The highest BCUT2D eigenvalue weighted by molar-refractivity contribution is 5.96. The van der Waals surface area contributed by atoms with Crippen molar-refractivity contribution >= 4 is 29.7 Å². The summed E-state index contributed by atoms with van der Waals surface area (Å²) >= 11 is 0. The molecule has 0 aliphatic carbocycles. The third kappa shape index (κ3) is 8.08. The highest BCUT2D eigenvalue weighted by Gasteiger charge is 2.39. The molecule has 8 N–H and O–H groups in total. The number of nitrogens with two attached hydrogens (primary N) is 2. The third-order valence-electron chi connectivity index (χ3n) is 5.41. The molecule has 12 nitrogen and oxygen atoms in total. The van der Waals surface area contributed by atoms with Crippen LogP contribution in [0.3, 0.4) is 0 Å². The number of carbonyl (C=O) groups is 5. The molecule has 4 atom stereocenters. The van der Waals surface area contributed by atoms with Crippen molar-refractivity contribution in [3.05, 3.63) is 0 Å². The van der Waals surface area contributed by atoms with Gasteiger partial charge in [-0.1, -0.05) is 13.8 Å². The van der Waals surface area contributed by atoms with Gasteiger partial charge in [-0.25, -0.2) is 4.79 Å². The minimum atomic E-state index is -1.39. The molecule has 1 heterocycles. The van der Waals surface area contributed by atoms with Crippen LogP contribution in [0.15, 0.2) is 0 Å². The molecule has 4 unspecified atom stereocenters. The molecule has 0 radical (unpaired) electrons. The van der Waals surface area contributed by atoms with Crippen molar-refractivity contribution in [2.24, 2.45) is 17.4 Å². The molecule has 32 heavy (non-hydrogen) atoms. The Labute approximate surface area is 187 Å². The van der Waals surface area contributed by atoms with E-state index < -0.39 is 60.2 Å². The van der Waals surface area contributed by atoms with Gasteiger partial charge in [0.25, 0.3) is 0 Å². The second kappa shape index (κ2) is 13.0. The number of nitrogens with zero attached hydrogens (tertiary/aromatic N) is 1. The molecule has 0 spiro atoms. The van der Waals surface area contributed by atoms with Crippen LogP contribution >= 0.6 is 0 Å². The zero-order chi connectivity index (χ0) is 24.4. The summed E-state index contributed by atoms with van der Waals surface area (Å²) < 4.78 is 0. The van der Waals surface area contributed by atoms with E-state index in [9.17, 15) is 34.2 Å². The number of amides is 3. The van der Waals surface area contributed by atoms with Crippen LogP contribution in [-0.2, 0) is 24.0 Å². The van der Waals surface area contributed by atoms with Gasteiger partial charge >= 0.3 is 11.9 Å². The molecule has 3 amide bonds. The molecule has 0 saturated carbocycles. The Morgan fingerprint density at radius 3 is 2.25 bits per heavy atom. The van der Waals surface area contributed by atoms with Crippen molar-refractivity contribution in [3.8, 4) is 0 Å². The van der Waals surface area contributed by atoms with Crippen LogP contribution in [0.2, 0.25) is 0 Å². The lowest BCUT2D eigenvalue weighted by molar-refractivity contribution is -0.147. The number of hydrogen-bond donors (Lipinski definition) is 6. The maximum Gasteiger partial charge on any atom is 0.326 e. The number of rotatable bonds is 13. The summed E-state index contributed by atoms with van der Waals surface area (Å²) in [5.74, 6) is -4.73. The fraction of sp³-hybridized carbons (Fsp3) is 0.750. The van der Waals surface area contributed by atoms with Gasteiger partial charge in [0.15, 0.2) is 0 Å². The van der Waals surface area contributed by atoms with E-state index in [2.05, 4.69) is 10.6 Å². The summed E-state index contributed by atoms with van der Waals surface area (Å²) in [4.78, 5) is 62.1. The van der Waals surface area contributed by atoms with E-state index in [1.54, 1.807) is 13.8 Å². The van der Waals surface area contributed by atoms with E-state index >= 15 is 0 Å². The molecule has 1 rings (SSSR count). The smallest absolute Gasteiger partial charge is 0.326 e. The van der Waals surface area contributed by atoms with E-state index in [1.165, 1.54) is 4.90 Å². The number of nitrogens with one attached hydrogen (secondary N) is 2. The molecule has 0 aromatic heterocycles. The first-order chi connectivity index (χ1) is 15.0. The van der Waals surface area contributed by atoms with Gasteiger partial charge in [-0.3, -0.25) is 19.2 Å². The first kappa shape index (κ1) is 27.3. The second-order valence-electron chi connectivity index (χ2n) is 8.30. The standard InChI is InChI=1S/C20H35N5O7/c1-11(2)16(22)18(29)24-13(10-15(26)27)19(30)25-9-5-7-14(25)17(28)23-12(20(31)32)6-3-4-8-21/h11-14,16H,3-10,21-22H2,1-2H3,(H,23,28)(H,24,29)(H,26,27)(H,31,32). The molecule has 0 aromatic rings. The minimum Gasteiger partial charge on any atom is -0.481 e. The predicted molar refractivity (Wildman–Crippen MR) is 114 cm³/mol. The number of aliphatic carboxylic acids is 2. The lowest BCUT2D eigenvalue weighted by atomic mass is 10.0. The summed E-state index contributed by atoms with van der Waals surface area (Å²) in [6.07, 6.45) is 1.44. The predicted octanol–water partition coefficient (Wildman–Crippen LogP) is -1.38. The van der Waals surface area contributed by atoms with E-state index in [-0.39, 0.29) is 18.9 Å². The summed E-state index contributed by atoms with van der Waals surface area (Å²) in [5.41, 5.74) is 11.2. The number of hydrogen-bond acceptors (Lipinski definition) is 7. The van der Waals surface area contributed by atoms with Crippen LogP contribution in [0.25, 0.3) is 0 Å². The first-order valence-corrected chi connectivity index (χ1v) is 10.8. The van der Waals surface area contributed by atoms with Gasteiger partial charge in [0.2, 0.25) is 17.7 Å². The van der Waals surface area contributed by atoms with Crippen molar-refractivity contribution in [1.82, 2.24) is 15.5 Å². The molecule has 1 fully saturated rings. The number of likely N-dealkylation sites (tertiary alicyclic amines) is 1. The van der Waals surface area contributed by atoms with Crippen LogP contribution < -0.4 is 22.1 Å². The summed E-state index contributed by atoms with van der Waals surface area (Å²) in [7, 11) is 0. The van der Waals surface area contributed by atoms with Crippen LogP contribution in [0.4, 0.5) is 0 Å². The van der Waals surface area contributed by atoms with Crippen molar-refractivity contribution in [2.75, 3.05) is 13.1 Å². The van der Waals surface area contributed by atoms with E-state index in [1.807, 2.05) is 0 Å². The van der Waals surface area contributed by atoms with Crippen molar-refractivity contribution < 1.29 is 34.2 Å². The highest BCUT2D eigenvalue weighted by atomic mass is 16.4. The molecular formula is C20H35N5O7. The van der Waals surface area contributed by atoms with Crippen LogP contribution in [-0.4, -0.2) is 82.0 Å². The summed E-state index contributed by atoms with van der Waals surface area (Å²) in [5, 5.41) is 23.4. The van der Waals surface area contributed by atoms with Gasteiger partial charge < -0.3 is 37.2 Å². The Morgan fingerprint density at radius 1 is 1.06 bits per heavy atom. The molecule has 1 aliphatic rings. The van der Waals surface area contributed by atoms with Crippen LogP contribution in [0, 0.1) is 5.92 Å². The molecular weight excluding hydrogens is 422 g/mol. The van der Waals surface area contributed by atoms with E-state index in [0.717, 1.165) is 0 Å². The Balaban J connectivity index is 2.92. The van der Waals surface area contributed by atoms with Crippen molar-refractivity contribution in [1.29, 1.82) is 0 Å². The third-order valence-corrected chi connectivity index (χ3v) is 5.41. The Morgan fingerprint density at radius 2 is 1.72 bits per heavy atom. The lowest BCUT2D eigenvalue weighted by Crippen LogP contribution is -2.57. The fourth-order valence-electron chi connectivity index (χ4n) is 3.47. The largest absolute Gasteiger partial charge is 0.481 e. The molecule has 1 aliphatic heterocycles. The number of carboxylic acids is 2. The number of unbranched alkanes of at least 4 members (excludes halogenated alkanes) is 1. The average molecular weight is 458 g/mol. The first-order valence-electron chi connectivity index (χ1n) is 10.8. The van der Waals surface area contributed by atoms with Gasteiger partial charge in [-0.2, -0.15) is 0 Å². The SMILES string of the molecule is CC(C)C(N)C(=O)NC(CC(=O)O)C(=O)N1CCCC1C(=O)NC(CCCCN)C(=O)O. The molecule has 0 aromatic carbocycles. The van der Waals surface area contributed by atoms with Gasteiger partial charge in [-0.15, -0.1) is 0 Å². The minimum absolute atomic E-state index is 0.185. The monoisotopic (exact) mass is 457 g/mol. The van der Waals surface area contributed by atoms with Crippen LogP contribution in [0.5, 0.6) is 0 Å². The quantitative estimate of drug-likeness (QED) is 0.180. The normalized spacial score (nSPS) is 18.7. The van der Waals surface area contributed by atoms with E-state index in [4.69, 9.17) is 11.5 Å². The van der Waals surface area contributed by atoms with Gasteiger partial charge in [0.1, 0.15) is 18.1 Å². The zero-order valence-corrected chi connectivity index (χ0v) is 18.6. The van der Waals surface area contributed by atoms with Crippen LogP contribution in [0.1, 0.15) is 52.4 Å². The van der Waals surface area contributed by atoms with Gasteiger partial charge in [0, 0.05) is 6.54 Å². The second-order valence-corrected chi connectivity index (χ2v) is 8.30. The van der Waals surface area contributed by atoms with Gasteiger partial charge in [-0.05, 0) is 44.6 Å². The number of carbonyl (C=O) groups excluding carboxylic acids is 3. The topological polar surface area (TPSA) is 205 Å². The molecule has 0 bridgehead atoms. The lowest BCUT2D eigenvalue weighted by Gasteiger charge is -2.29. The maximum absolute atomic E-state index is 13.1. The molecule has 12 heteroatoms. The summed E-state index contributed by atoms with van der Waals surface area (Å²) in [6.45, 7) is 4.02. The highest BCUT2D eigenvalue weighted by Crippen LogP contribution is 2.20. The maximum atomic E-state index is 13.1. The van der Waals surface area contributed by atoms with Crippen molar-refractivity contribution in [3.63, 3.8) is 0 Å². The van der Waals surface area contributed by atoms with E-state index in [0.29, 0.717) is 32.2 Å². The molecule has 182 valence electrons. The Hall–Kier alpha value is -2.73. The Bertz CT molecular complexity index is 700. The van der Waals surface area contributed by atoms with Gasteiger partial charge in [0.05, 0.1) is 12.5 Å². The van der Waals surface area contributed by atoms with Crippen molar-refractivity contribution in [2.45, 2.75) is 76.5 Å². The zero-order valence-electron chi connectivity index (χ0n) is 18.6. The average Bonchev–Trinajstić information content (AvgIpc) is 3.20. The number of carboxylic acid groups (broad SMARTS) is 2. The molecule has 1 saturated heterocycles.